The first kappa shape index (κ1) is 54.6. The number of hydrogen-bond acceptors (Lipinski definition) is 16. The highest BCUT2D eigenvalue weighted by Crippen LogP contribution is 2.44. The highest BCUT2D eigenvalue weighted by atomic mass is 35.5. The van der Waals surface area contributed by atoms with Gasteiger partial charge in [-0.3, -0.25) is 9.48 Å². The molecule has 2 aromatic rings. The standard InChI is InChI=1S/C46H75ClN4O14S/c1-13-35-45(10,56)39(53)30(6)48-24-26(2)22-43(8,55)40(65-42-37(52)34(21-27(3)61-42)50(11)66(58,59)33-17-15-32(47)16-18-33)28(4)38(29(5)41(54)63-35)64-36-23-44(9,60-12)46(57,31(7)62-36)25-51-20-14-19-49-51/h14-20,26-31,34-40,42,48,52-53,55-57H,13,21-25H2,1-12H3/t26-,27-,28+,29-,30-,31+,34+,35-,36+,37-,38+,39-,40-,42+,43-,44-,45-,46+/m1/s1. The maximum atomic E-state index is 14.5. The predicted molar refractivity (Wildman–Crippen MR) is 243 cm³/mol. The van der Waals surface area contributed by atoms with Gasteiger partial charge in [-0.25, -0.2) is 8.42 Å². The van der Waals surface area contributed by atoms with Crippen molar-refractivity contribution in [1.82, 2.24) is 19.4 Å². The Labute approximate surface area is 395 Å². The van der Waals surface area contributed by atoms with Gasteiger partial charge >= 0.3 is 5.97 Å². The summed E-state index contributed by atoms with van der Waals surface area (Å²) >= 11 is 6.06. The second-order valence-corrected chi connectivity index (χ2v) is 22.2. The average Bonchev–Trinajstić information content (AvgIpc) is 3.77. The summed E-state index contributed by atoms with van der Waals surface area (Å²) in [6.45, 7) is 17.1. The zero-order valence-corrected chi connectivity index (χ0v) is 42.0. The normalized spacial score (nSPS) is 42.6. The fourth-order valence-corrected chi connectivity index (χ4v) is 11.7. The molecule has 3 aliphatic rings. The van der Waals surface area contributed by atoms with Crippen molar-refractivity contribution in [2.75, 3.05) is 20.7 Å². The van der Waals surface area contributed by atoms with Crippen LogP contribution in [0.25, 0.3) is 0 Å². The number of halogens is 1. The molecule has 6 N–H and O–H groups in total. The lowest BCUT2D eigenvalue weighted by Gasteiger charge is -2.53. The molecule has 5 rings (SSSR count). The van der Waals surface area contributed by atoms with Gasteiger partial charge in [0.2, 0.25) is 10.0 Å². The minimum Gasteiger partial charge on any atom is -0.459 e. The van der Waals surface area contributed by atoms with Crippen LogP contribution in [0.2, 0.25) is 5.02 Å². The monoisotopic (exact) mass is 974 g/mol. The number of aliphatic hydroxyl groups is 5. The molecule has 20 heteroatoms. The van der Waals surface area contributed by atoms with Crippen molar-refractivity contribution >= 4 is 27.6 Å². The number of esters is 1. The Morgan fingerprint density at radius 2 is 1.65 bits per heavy atom. The fourth-order valence-electron chi connectivity index (χ4n) is 10.2. The SMILES string of the molecule is CC[C@H]1OC(=O)[C@H](C)[C@@H](O[C@H]2C[C@@](C)(OC)[C@](O)(Cn3cccn3)[C@H](C)O2)[C@H](C)[C@@H](O[C@@H]2O[C@H](C)C[C@H](N(C)S(=O)(=O)c3ccc(Cl)cc3)[C@H]2O)[C@](C)(O)C[C@@H](C)CN[C@H](C)[C@@H](O)[C@]1(C)O. The summed E-state index contributed by atoms with van der Waals surface area (Å²) in [6, 6.07) is 5.71. The summed E-state index contributed by atoms with van der Waals surface area (Å²) in [5, 5.41) is 68.2. The van der Waals surface area contributed by atoms with Crippen LogP contribution < -0.4 is 5.32 Å². The summed E-state index contributed by atoms with van der Waals surface area (Å²) in [6.07, 6.45) is -7.17. The lowest BCUT2D eigenvalue weighted by Crippen LogP contribution is -2.68. The lowest BCUT2D eigenvalue weighted by molar-refractivity contribution is -0.340. The van der Waals surface area contributed by atoms with Crippen LogP contribution >= 0.6 is 11.6 Å². The Hall–Kier alpha value is -2.34. The van der Waals surface area contributed by atoms with Gasteiger partial charge in [0.15, 0.2) is 12.6 Å². The number of cyclic esters (lactones) is 1. The van der Waals surface area contributed by atoms with Gasteiger partial charge in [0.25, 0.3) is 0 Å². The van der Waals surface area contributed by atoms with Crippen LogP contribution in [-0.2, 0) is 49.8 Å². The number of nitrogens with one attached hydrogen (secondary N) is 1. The maximum absolute atomic E-state index is 14.5. The first-order valence-electron chi connectivity index (χ1n) is 23.0. The number of aromatic nitrogens is 2. The van der Waals surface area contributed by atoms with Crippen LogP contribution in [0.15, 0.2) is 47.6 Å². The smallest absolute Gasteiger partial charge is 0.311 e. The molecule has 0 amide bonds. The molecular formula is C46H75ClN4O14S. The zero-order chi connectivity index (χ0) is 49.3. The van der Waals surface area contributed by atoms with E-state index in [9.17, 15) is 38.7 Å². The van der Waals surface area contributed by atoms with Crippen molar-refractivity contribution in [3.8, 4) is 0 Å². The van der Waals surface area contributed by atoms with Crippen LogP contribution in [-0.4, -0.2) is 165 Å². The molecule has 0 saturated carbocycles. The molecule has 3 aliphatic heterocycles. The van der Waals surface area contributed by atoms with E-state index < -0.39 is 118 Å². The number of aliphatic hydroxyl groups excluding tert-OH is 2. The molecule has 1 aromatic carbocycles. The largest absolute Gasteiger partial charge is 0.459 e. The van der Waals surface area contributed by atoms with Crippen LogP contribution in [0.1, 0.15) is 94.9 Å². The third kappa shape index (κ3) is 11.5. The predicted octanol–water partition coefficient (Wildman–Crippen LogP) is 3.24. The third-order valence-corrected chi connectivity index (χ3v) is 16.6. The van der Waals surface area contributed by atoms with Crippen molar-refractivity contribution in [3.05, 3.63) is 47.7 Å². The van der Waals surface area contributed by atoms with E-state index in [1.165, 1.54) is 45.3 Å². The van der Waals surface area contributed by atoms with Crippen LogP contribution in [0.5, 0.6) is 0 Å². The number of benzene rings is 1. The number of nitrogens with zero attached hydrogens (tertiary/aromatic N) is 3. The van der Waals surface area contributed by atoms with E-state index in [0.717, 1.165) is 4.31 Å². The van der Waals surface area contributed by atoms with E-state index in [2.05, 4.69) is 10.4 Å². The minimum atomic E-state index is -4.15. The van der Waals surface area contributed by atoms with E-state index in [0.29, 0.717) is 5.02 Å². The van der Waals surface area contributed by atoms with Crippen LogP contribution in [0, 0.1) is 17.8 Å². The molecule has 0 spiro atoms. The first-order valence-corrected chi connectivity index (χ1v) is 24.8. The number of sulfonamides is 1. The van der Waals surface area contributed by atoms with Crippen molar-refractivity contribution in [2.24, 2.45) is 17.8 Å². The Kier molecular flexibility index (Phi) is 17.7. The topological polar surface area (TPSA) is 241 Å². The molecule has 66 heavy (non-hydrogen) atoms. The average molecular weight is 976 g/mol. The number of likely N-dealkylation sites (N-methyl/N-ethyl adjacent to an activating group) is 1. The maximum Gasteiger partial charge on any atom is 0.311 e. The summed E-state index contributed by atoms with van der Waals surface area (Å²) in [5.41, 5.74) is -6.56. The van der Waals surface area contributed by atoms with E-state index in [1.54, 1.807) is 78.5 Å². The Morgan fingerprint density at radius 1 is 1.00 bits per heavy atom. The molecule has 376 valence electrons. The molecule has 3 fully saturated rings. The van der Waals surface area contributed by atoms with Gasteiger partial charge < -0.3 is 59.3 Å². The van der Waals surface area contributed by atoms with Gasteiger partial charge in [0.1, 0.15) is 35.1 Å². The minimum absolute atomic E-state index is 0.0226. The molecule has 18 nitrogen and oxygen atoms in total. The van der Waals surface area contributed by atoms with E-state index in [1.807, 2.05) is 6.92 Å². The van der Waals surface area contributed by atoms with Crippen molar-refractivity contribution < 1.29 is 67.2 Å². The number of hydrogen-bond donors (Lipinski definition) is 6. The highest BCUT2D eigenvalue weighted by molar-refractivity contribution is 7.89. The van der Waals surface area contributed by atoms with Crippen molar-refractivity contribution in [1.29, 1.82) is 0 Å². The highest BCUT2D eigenvalue weighted by Gasteiger charge is 2.59. The van der Waals surface area contributed by atoms with E-state index >= 15 is 0 Å². The second-order valence-electron chi connectivity index (χ2n) is 19.7. The molecule has 0 unspecified atom stereocenters. The summed E-state index contributed by atoms with van der Waals surface area (Å²) in [4.78, 5) is 14.5. The lowest BCUT2D eigenvalue weighted by atomic mass is 9.75. The molecule has 0 aliphatic carbocycles. The van der Waals surface area contributed by atoms with Gasteiger partial charge in [-0.05, 0) is 111 Å². The Balaban J connectivity index is 1.57. The van der Waals surface area contributed by atoms with Gasteiger partial charge in [0, 0.05) is 50.0 Å². The van der Waals surface area contributed by atoms with Crippen LogP contribution in [0.4, 0.5) is 0 Å². The molecule has 18 atom stereocenters. The van der Waals surface area contributed by atoms with Gasteiger partial charge in [-0.15, -0.1) is 0 Å². The fraction of sp³-hybridized carbons (Fsp3) is 0.783. The summed E-state index contributed by atoms with van der Waals surface area (Å²) in [5.74, 6) is -3.22. The van der Waals surface area contributed by atoms with Gasteiger partial charge in [0.05, 0.1) is 53.4 Å². The summed E-state index contributed by atoms with van der Waals surface area (Å²) in [7, 11) is -1.31. The number of carbonyl (C=O) groups excluding carboxylic acids is 1. The Morgan fingerprint density at radius 3 is 2.24 bits per heavy atom. The number of rotatable bonds is 11. The van der Waals surface area contributed by atoms with E-state index in [-0.39, 0.29) is 49.6 Å². The number of methoxy groups -OCH3 is 1. The first-order chi connectivity index (χ1) is 30.6. The van der Waals surface area contributed by atoms with Gasteiger partial charge in [-0.1, -0.05) is 32.4 Å². The van der Waals surface area contributed by atoms with Crippen molar-refractivity contribution in [2.45, 2.75) is 196 Å². The zero-order valence-electron chi connectivity index (χ0n) is 40.4. The quantitative estimate of drug-likeness (QED) is 0.177. The second kappa shape index (κ2) is 21.3. The molecule has 1 aromatic heterocycles. The third-order valence-electron chi connectivity index (χ3n) is 14.5. The molecule has 4 heterocycles. The number of carbonyl (C=O) groups is 1. The van der Waals surface area contributed by atoms with E-state index in [4.69, 9.17) is 40.0 Å². The van der Waals surface area contributed by atoms with Crippen LogP contribution in [0.3, 0.4) is 0 Å². The summed E-state index contributed by atoms with van der Waals surface area (Å²) < 4.78 is 68.9. The molecule has 0 bridgehead atoms. The molecule has 0 radical (unpaired) electrons. The molecular weight excluding hydrogens is 900 g/mol. The Bertz CT molecular complexity index is 2000. The van der Waals surface area contributed by atoms with Crippen molar-refractivity contribution in [3.63, 3.8) is 0 Å². The number of ether oxygens (including phenoxy) is 6. The van der Waals surface area contributed by atoms with Gasteiger partial charge in [-0.2, -0.15) is 9.40 Å². The molecule has 3 saturated heterocycles.